The summed E-state index contributed by atoms with van der Waals surface area (Å²) in [5.74, 6) is -0.0164. The van der Waals surface area contributed by atoms with Gasteiger partial charge in [-0.3, -0.25) is 9.59 Å². The lowest BCUT2D eigenvalue weighted by Gasteiger charge is -2.16. The Bertz CT molecular complexity index is 696. The average molecular weight is 324 g/mol. The highest BCUT2D eigenvalue weighted by Crippen LogP contribution is 2.18. The van der Waals surface area contributed by atoms with Gasteiger partial charge in [0.15, 0.2) is 0 Å². The summed E-state index contributed by atoms with van der Waals surface area (Å²) in [4.78, 5) is 24.6. The fourth-order valence-electron chi connectivity index (χ4n) is 2.46. The second-order valence-corrected chi connectivity index (χ2v) is 6.30. The van der Waals surface area contributed by atoms with E-state index < -0.39 is 0 Å². The lowest BCUT2D eigenvalue weighted by molar-refractivity contribution is -0.116. The van der Waals surface area contributed by atoms with Crippen molar-refractivity contribution in [3.05, 3.63) is 65.7 Å². The molecule has 0 aliphatic carbocycles. The summed E-state index contributed by atoms with van der Waals surface area (Å²) < 4.78 is 0. The number of hydrogen-bond acceptors (Lipinski definition) is 2. The molecular weight excluding hydrogens is 300 g/mol. The van der Waals surface area contributed by atoms with Crippen LogP contribution >= 0.6 is 0 Å². The Hall–Kier alpha value is -2.62. The first-order valence-electron chi connectivity index (χ1n) is 8.22. The molecule has 0 radical (unpaired) electrons. The summed E-state index contributed by atoms with van der Waals surface area (Å²) >= 11 is 0. The Kier molecular flexibility index (Phi) is 6.13. The highest BCUT2D eigenvalue weighted by molar-refractivity contribution is 6.03. The number of carbonyl (C=O) groups is 2. The van der Waals surface area contributed by atoms with E-state index in [1.807, 2.05) is 57.2 Å². The van der Waals surface area contributed by atoms with E-state index >= 15 is 0 Å². The summed E-state index contributed by atoms with van der Waals surface area (Å²) in [5.41, 5.74) is 2.05. The van der Waals surface area contributed by atoms with Crippen LogP contribution in [0.25, 0.3) is 0 Å². The summed E-state index contributed by atoms with van der Waals surface area (Å²) in [6, 6.07) is 16.7. The van der Waals surface area contributed by atoms with Crippen LogP contribution in [0.3, 0.4) is 0 Å². The highest BCUT2D eigenvalue weighted by atomic mass is 16.2. The third kappa shape index (κ3) is 4.95. The van der Waals surface area contributed by atoms with Crippen molar-refractivity contribution in [3.8, 4) is 0 Å². The zero-order valence-electron chi connectivity index (χ0n) is 14.4. The van der Waals surface area contributed by atoms with Crippen molar-refractivity contribution in [2.75, 3.05) is 5.32 Å². The monoisotopic (exact) mass is 324 g/mol. The van der Waals surface area contributed by atoms with Crippen LogP contribution < -0.4 is 10.6 Å². The van der Waals surface area contributed by atoms with Crippen molar-refractivity contribution in [2.45, 2.75) is 33.2 Å². The molecule has 2 aromatic rings. The SMILES string of the molecule is CC(C)CC(=O)Nc1ccccc1C(=O)NC(C)c1ccccc1. The van der Waals surface area contributed by atoms with Crippen LogP contribution in [0.4, 0.5) is 5.69 Å². The maximum atomic E-state index is 12.6. The smallest absolute Gasteiger partial charge is 0.253 e. The van der Waals surface area contributed by atoms with E-state index in [-0.39, 0.29) is 23.8 Å². The molecule has 2 aromatic carbocycles. The number of amides is 2. The molecular formula is C20H24N2O2. The van der Waals surface area contributed by atoms with Crippen molar-refractivity contribution in [3.63, 3.8) is 0 Å². The summed E-state index contributed by atoms with van der Waals surface area (Å²) in [6.45, 7) is 5.91. The molecule has 0 heterocycles. The van der Waals surface area contributed by atoms with Gasteiger partial charge in [-0.2, -0.15) is 0 Å². The van der Waals surface area contributed by atoms with Gasteiger partial charge in [0.25, 0.3) is 5.91 Å². The Balaban J connectivity index is 2.11. The van der Waals surface area contributed by atoms with E-state index in [1.54, 1.807) is 18.2 Å². The van der Waals surface area contributed by atoms with Crippen molar-refractivity contribution in [2.24, 2.45) is 5.92 Å². The predicted octanol–water partition coefficient (Wildman–Crippen LogP) is 4.16. The van der Waals surface area contributed by atoms with Gasteiger partial charge in [0.2, 0.25) is 5.91 Å². The van der Waals surface area contributed by atoms with Crippen LogP contribution in [0.1, 0.15) is 49.2 Å². The van der Waals surface area contributed by atoms with Crippen LogP contribution in [-0.2, 0) is 4.79 Å². The van der Waals surface area contributed by atoms with Crippen LogP contribution in [0.15, 0.2) is 54.6 Å². The number of carbonyl (C=O) groups excluding carboxylic acids is 2. The predicted molar refractivity (Wildman–Crippen MR) is 96.8 cm³/mol. The lowest BCUT2D eigenvalue weighted by atomic mass is 10.1. The van der Waals surface area contributed by atoms with Gasteiger partial charge in [-0.1, -0.05) is 56.3 Å². The fourth-order valence-corrected chi connectivity index (χ4v) is 2.46. The minimum absolute atomic E-state index is 0.0821. The van der Waals surface area contributed by atoms with Gasteiger partial charge in [-0.05, 0) is 30.5 Å². The van der Waals surface area contributed by atoms with E-state index in [2.05, 4.69) is 10.6 Å². The standard InChI is InChI=1S/C20H24N2O2/c1-14(2)13-19(23)22-18-12-8-7-11-17(18)20(24)21-15(3)16-9-5-4-6-10-16/h4-12,14-15H,13H2,1-3H3,(H,21,24)(H,22,23). The van der Waals surface area contributed by atoms with Crippen LogP contribution in [0.2, 0.25) is 0 Å². The zero-order chi connectivity index (χ0) is 17.5. The molecule has 0 aromatic heterocycles. The van der Waals surface area contributed by atoms with E-state index in [9.17, 15) is 9.59 Å². The summed E-state index contributed by atoms with van der Waals surface area (Å²) in [5, 5.41) is 5.81. The van der Waals surface area contributed by atoms with E-state index in [4.69, 9.17) is 0 Å². The van der Waals surface area contributed by atoms with Crippen LogP contribution in [0.5, 0.6) is 0 Å². The number of anilines is 1. The molecule has 1 unspecified atom stereocenters. The van der Waals surface area contributed by atoms with Gasteiger partial charge in [-0.25, -0.2) is 0 Å². The second kappa shape index (κ2) is 8.29. The largest absolute Gasteiger partial charge is 0.345 e. The number of rotatable bonds is 6. The first kappa shape index (κ1) is 17.7. The van der Waals surface area contributed by atoms with Gasteiger partial charge < -0.3 is 10.6 Å². The minimum atomic E-state index is -0.202. The molecule has 0 aliphatic heterocycles. The lowest BCUT2D eigenvalue weighted by Crippen LogP contribution is -2.28. The molecule has 126 valence electrons. The van der Waals surface area contributed by atoms with Crippen molar-refractivity contribution in [1.82, 2.24) is 5.32 Å². The zero-order valence-corrected chi connectivity index (χ0v) is 14.4. The fraction of sp³-hybridized carbons (Fsp3) is 0.300. The number of para-hydroxylation sites is 1. The molecule has 1 atom stereocenters. The maximum absolute atomic E-state index is 12.6. The molecule has 0 saturated heterocycles. The molecule has 24 heavy (non-hydrogen) atoms. The Morgan fingerprint density at radius 3 is 2.21 bits per heavy atom. The molecule has 4 nitrogen and oxygen atoms in total. The van der Waals surface area contributed by atoms with Gasteiger partial charge in [0.05, 0.1) is 17.3 Å². The molecule has 0 fully saturated rings. The first-order valence-corrected chi connectivity index (χ1v) is 8.22. The maximum Gasteiger partial charge on any atom is 0.253 e. The van der Waals surface area contributed by atoms with Crippen LogP contribution in [-0.4, -0.2) is 11.8 Å². The third-order valence-electron chi connectivity index (χ3n) is 3.69. The third-order valence-corrected chi connectivity index (χ3v) is 3.69. The Morgan fingerprint density at radius 1 is 0.917 bits per heavy atom. The number of benzene rings is 2. The average Bonchev–Trinajstić information content (AvgIpc) is 2.55. The molecule has 2 rings (SSSR count). The summed E-state index contributed by atoms with van der Waals surface area (Å²) in [7, 11) is 0. The van der Waals surface area contributed by atoms with E-state index in [0.717, 1.165) is 5.56 Å². The molecule has 0 bridgehead atoms. The van der Waals surface area contributed by atoms with Gasteiger partial charge in [0, 0.05) is 6.42 Å². The topological polar surface area (TPSA) is 58.2 Å². The number of hydrogen-bond donors (Lipinski definition) is 2. The normalized spacial score (nSPS) is 11.8. The van der Waals surface area contributed by atoms with Crippen molar-refractivity contribution >= 4 is 17.5 Å². The van der Waals surface area contributed by atoms with Crippen molar-refractivity contribution in [1.29, 1.82) is 0 Å². The van der Waals surface area contributed by atoms with E-state index in [1.165, 1.54) is 0 Å². The second-order valence-electron chi connectivity index (χ2n) is 6.30. The van der Waals surface area contributed by atoms with Gasteiger partial charge >= 0.3 is 0 Å². The Labute approximate surface area is 143 Å². The quantitative estimate of drug-likeness (QED) is 0.838. The van der Waals surface area contributed by atoms with Gasteiger partial charge in [0.1, 0.15) is 0 Å². The highest BCUT2D eigenvalue weighted by Gasteiger charge is 2.16. The first-order chi connectivity index (χ1) is 11.5. The van der Waals surface area contributed by atoms with E-state index in [0.29, 0.717) is 17.7 Å². The molecule has 0 aliphatic rings. The summed E-state index contributed by atoms with van der Waals surface area (Å²) in [6.07, 6.45) is 0.427. The Morgan fingerprint density at radius 2 is 1.54 bits per heavy atom. The van der Waals surface area contributed by atoms with Gasteiger partial charge in [-0.15, -0.1) is 0 Å². The molecule has 0 spiro atoms. The molecule has 2 N–H and O–H groups in total. The van der Waals surface area contributed by atoms with Crippen molar-refractivity contribution < 1.29 is 9.59 Å². The molecule has 2 amide bonds. The van der Waals surface area contributed by atoms with Crippen LogP contribution in [0, 0.1) is 5.92 Å². The molecule has 0 saturated carbocycles. The molecule has 4 heteroatoms. The minimum Gasteiger partial charge on any atom is -0.345 e. The number of nitrogens with one attached hydrogen (secondary N) is 2.